The van der Waals surface area contributed by atoms with E-state index < -0.39 is 0 Å². The molecular formula is C17H15N5OS. The van der Waals surface area contributed by atoms with Crippen LogP contribution in [0, 0.1) is 0 Å². The molecule has 24 heavy (non-hydrogen) atoms. The summed E-state index contributed by atoms with van der Waals surface area (Å²) in [5.74, 6) is 0.974. The van der Waals surface area contributed by atoms with Gasteiger partial charge in [0.05, 0.1) is 5.69 Å². The third-order valence-electron chi connectivity index (χ3n) is 3.94. The number of rotatable bonds is 3. The van der Waals surface area contributed by atoms with Gasteiger partial charge in [0, 0.05) is 17.9 Å². The van der Waals surface area contributed by atoms with Crippen molar-refractivity contribution in [3.63, 3.8) is 0 Å². The number of thioether (sulfide) groups is 1. The second-order valence-corrected chi connectivity index (χ2v) is 6.63. The normalized spacial score (nSPS) is 17.2. The minimum atomic E-state index is 0.0313. The average molecular weight is 337 g/mol. The first-order chi connectivity index (χ1) is 11.8. The Hall–Kier alpha value is -2.67. The molecule has 2 heterocycles. The average Bonchev–Trinajstić information content (AvgIpc) is 3.34. The van der Waals surface area contributed by atoms with Gasteiger partial charge in [-0.05, 0) is 34.2 Å². The van der Waals surface area contributed by atoms with E-state index in [4.69, 9.17) is 0 Å². The Labute approximate surface area is 143 Å². The third-order valence-corrected chi connectivity index (χ3v) is 5.20. The SMILES string of the molecule is O=C(c1cccc(-n2cnnn2)c1)N1CCSC1c1ccccc1. The first-order valence-corrected chi connectivity index (χ1v) is 8.69. The van der Waals surface area contributed by atoms with Crippen LogP contribution in [0.4, 0.5) is 0 Å². The zero-order valence-corrected chi connectivity index (χ0v) is 13.6. The molecule has 0 N–H and O–H groups in total. The van der Waals surface area contributed by atoms with Crippen LogP contribution in [0.15, 0.2) is 60.9 Å². The van der Waals surface area contributed by atoms with E-state index in [1.807, 2.05) is 47.4 Å². The number of hydrogen-bond acceptors (Lipinski definition) is 5. The fraction of sp³-hybridized carbons (Fsp3) is 0.176. The molecule has 0 aliphatic carbocycles. The fourth-order valence-electron chi connectivity index (χ4n) is 2.80. The van der Waals surface area contributed by atoms with Crippen molar-refractivity contribution in [1.29, 1.82) is 0 Å². The number of hydrogen-bond donors (Lipinski definition) is 0. The Balaban J connectivity index is 1.62. The molecule has 1 fully saturated rings. The quantitative estimate of drug-likeness (QED) is 0.735. The lowest BCUT2D eigenvalue weighted by Gasteiger charge is -2.24. The van der Waals surface area contributed by atoms with E-state index in [1.54, 1.807) is 16.4 Å². The molecule has 120 valence electrons. The number of amides is 1. The van der Waals surface area contributed by atoms with Crippen molar-refractivity contribution in [3.8, 4) is 5.69 Å². The Bertz CT molecular complexity index is 837. The summed E-state index contributed by atoms with van der Waals surface area (Å²) in [6.45, 7) is 0.748. The predicted octanol–water partition coefficient (Wildman–Crippen LogP) is 2.55. The standard InChI is InChI=1S/C17H15N5OS/c23-16(14-7-4-8-15(11-14)22-12-18-19-20-22)21-9-10-24-17(21)13-5-2-1-3-6-13/h1-8,11-12,17H,9-10H2. The lowest BCUT2D eigenvalue weighted by atomic mass is 10.1. The van der Waals surface area contributed by atoms with Crippen molar-refractivity contribution < 1.29 is 4.79 Å². The van der Waals surface area contributed by atoms with Crippen molar-refractivity contribution in [2.24, 2.45) is 0 Å². The van der Waals surface area contributed by atoms with Gasteiger partial charge in [0.25, 0.3) is 5.91 Å². The second kappa shape index (κ2) is 6.45. The monoisotopic (exact) mass is 337 g/mol. The first kappa shape index (κ1) is 14.9. The van der Waals surface area contributed by atoms with Gasteiger partial charge in [0.15, 0.2) is 0 Å². The van der Waals surface area contributed by atoms with E-state index in [0.717, 1.165) is 23.5 Å². The second-order valence-electron chi connectivity index (χ2n) is 5.44. The number of aromatic nitrogens is 4. The molecule has 0 radical (unpaired) electrons. The van der Waals surface area contributed by atoms with E-state index in [9.17, 15) is 4.79 Å². The zero-order valence-electron chi connectivity index (χ0n) is 12.8. The molecule has 4 rings (SSSR count). The smallest absolute Gasteiger partial charge is 0.255 e. The Kier molecular flexibility index (Phi) is 4.00. The summed E-state index contributed by atoms with van der Waals surface area (Å²) in [6.07, 6.45) is 1.52. The lowest BCUT2D eigenvalue weighted by Crippen LogP contribution is -2.30. The first-order valence-electron chi connectivity index (χ1n) is 7.64. The molecule has 3 aromatic rings. The number of tetrazole rings is 1. The summed E-state index contributed by atoms with van der Waals surface area (Å²) in [6, 6.07) is 17.5. The van der Waals surface area contributed by atoms with Crippen molar-refractivity contribution in [2.45, 2.75) is 5.37 Å². The highest BCUT2D eigenvalue weighted by Gasteiger charge is 2.31. The van der Waals surface area contributed by atoms with Crippen molar-refractivity contribution in [3.05, 3.63) is 72.1 Å². The van der Waals surface area contributed by atoms with Crippen LogP contribution in [0.2, 0.25) is 0 Å². The molecule has 1 unspecified atom stereocenters. The van der Waals surface area contributed by atoms with Gasteiger partial charge in [-0.15, -0.1) is 16.9 Å². The van der Waals surface area contributed by atoms with Crippen LogP contribution in [0.5, 0.6) is 0 Å². The molecule has 0 saturated carbocycles. The van der Waals surface area contributed by atoms with Crippen LogP contribution < -0.4 is 0 Å². The molecule has 0 spiro atoms. The molecule has 2 aromatic carbocycles. The van der Waals surface area contributed by atoms with Crippen LogP contribution in [0.1, 0.15) is 21.3 Å². The molecule has 1 aliphatic heterocycles. The minimum Gasteiger partial charge on any atom is -0.322 e. The molecule has 1 aliphatic rings. The Morgan fingerprint density at radius 1 is 1.12 bits per heavy atom. The molecule has 1 aromatic heterocycles. The lowest BCUT2D eigenvalue weighted by molar-refractivity contribution is 0.0760. The molecule has 1 amide bonds. The molecule has 0 bridgehead atoms. The maximum Gasteiger partial charge on any atom is 0.255 e. The van der Waals surface area contributed by atoms with E-state index in [2.05, 4.69) is 27.7 Å². The van der Waals surface area contributed by atoms with Crippen LogP contribution in [0.25, 0.3) is 5.69 Å². The number of carbonyl (C=O) groups is 1. The molecular weight excluding hydrogens is 322 g/mol. The highest BCUT2D eigenvalue weighted by Crippen LogP contribution is 2.38. The van der Waals surface area contributed by atoms with E-state index >= 15 is 0 Å². The minimum absolute atomic E-state index is 0.0313. The highest BCUT2D eigenvalue weighted by atomic mass is 32.2. The summed E-state index contributed by atoms with van der Waals surface area (Å²) >= 11 is 1.80. The highest BCUT2D eigenvalue weighted by molar-refractivity contribution is 7.99. The van der Waals surface area contributed by atoms with E-state index in [1.165, 1.54) is 6.33 Å². The third kappa shape index (κ3) is 2.78. The van der Waals surface area contributed by atoms with Crippen molar-refractivity contribution in [2.75, 3.05) is 12.3 Å². The maximum atomic E-state index is 13.0. The number of nitrogens with zero attached hydrogens (tertiary/aromatic N) is 5. The number of benzene rings is 2. The van der Waals surface area contributed by atoms with E-state index in [-0.39, 0.29) is 11.3 Å². The van der Waals surface area contributed by atoms with Gasteiger partial charge < -0.3 is 4.90 Å². The van der Waals surface area contributed by atoms with Crippen LogP contribution in [0.3, 0.4) is 0 Å². The van der Waals surface area contributed by atoms with Crippen molar-refractivity contribution >= 4 is 17.7 Å². The molecule has 1 atom stereocenters. The van der Waals surface area contributed by atoms with Crippen LogP contribution >= 0.6 is 11.8 Å². The maximum absolute atomic E-state index is 13.0. The van der Waals surface area contributed by atoms with Gasteiger partial charge in [-0.3, -0.25) is 4.79 Å². The predicted molar refractivity (Wildman–Crippen MR) is 91.8 cm³/mol. The largest absolute Gasteiger partial charge is 0.322 e. The van der Waals surface area contributed by atoms with Gasteiger partial charge >= 0.3 is 0 Å². The fourth-order valence-corrected chi connectivity index (χ4v) is 4.05. The van der Waals surface area contributed by atoms with Gasteiger partial charge in [-0.2, -0.15) is 0 Å². The van der Waals surface area contributed by atoms with E-state index in [0.29, 0.717) is 5.56 Å². The Morgan fingerprint density at radius 2 is 2.00 bits per heavy atom. The Morgan fingerprint density at radius 3 is 2.79 bits per heavy atom. The van der Waals surface area contributed by atoms with Gasteiger partial charge in [0.2, 0.25) is 0 Å². The zero-order chi connectivity index (χ0) is 16.4. The van der Waals surface area contributed by atoms with Gasteiger partial charge in [-0.25, -0.2) is 4.68 Å². The summed E-state index contributed by atoms with van der Waals surface area (Å²) in [5, 5.41) is 11.2. The molecule has 6 nitrogen and oxygen atoms in total. The summed E-state index contributed by atoms with van der Waals surface area (Å²) in [5.41, 5.74) is 2.57. The summed E-state index contributed by atoms with van der Waals surface area (Å²) < 4.78 is 1.55. The number of carbonyl (C=O) groups excluding carboxylic acids is 1. The summed E-state index contributed by atoms with van der Waals surface area (Å²) in [7, 11) is 0. The van der Waals surface area contributed by atoms with Gasteiger partial charge in [0.1, 0.15) is 11.7 Å². The molecule has 7 heteroatoms. The summed E-state index contributed by atoms with van der Waals surface area (Å²) in [4.78, 5) is 14.9. The van der Waals surface area contributed by atoms with Crippen LogP contribution in [-0.4, -0.2) is 43.3 Å². The molecule has 1 saturated heterocycles. The van der Waals surface area contributed by atoms with Gasteiger partial charge in [-0.1, -0.05) is 36.4 Å². The van der Waals surface area contributed by atoms with Crippen molar-refractivity contribution in [1.82, 2.24) is 25.1 Å². The van der Waals surface area contributed by atoms with Crippen LogP contribution in [-0.2, 0) is 0 Å². The topological polar surface area (TPSA) is 63.9 Å².